The number of aromatic amines is 1. The highest BCUT2D eigenvalue weighted by molar-refractivity contribution is 9.10. The number of amides is 2. The standard InChI is InChI=1S/C27H26BrN5O2S/c1-31-24-9-5-4-8-23(24)30-27(31)36-18-25(34)29-19-10-12-20(13-11-19)32-14-16-33(17-15-32)26(35)21-6-2-3-7-22(21)28/h2-13H,14-18H2,1H3,(H,29,34)/p+1. The van der Waals surface area contributed by atoms with Gasteiger partial charge in [-0.2, -0.15) is 0 Å². The van der Waals surface area contributed by atoms with E-state index in [1.807, 2.05) is 78.7 Å². The molecule has 0 radical (unpaired) electrons. The number of anilines is 2. The molecule has 3 aromatic carbocycles. The van der Waals surface area contributed by atoms with Crippen LogP contribution in [0.4, 0.5) is 11.4 Å². The highest BCUT2D eigenvalue weighted by atomic mass is 79.9. The van der Waals surface area contributed by atoms with Gasteiger partial charge in [0.15, 0.2) is 11.0 Å². The van der Waals surface area contributed by atoms with Gasteiger partial charge in [0.1, 0.15) is 0 Å². The van der Waals surface area contributed by atoms with Gasteiger partial charge in [0.2, 0.25) is 5.91 Å². The minimum atomic E-state index is -0.0504. The number of H-pyrrole nitrogens is 1. The molecule has 0 atom stereocenters. The summed E-state index contributed by atoms with van der Waals surface area (Å²) in [5.41, 5.74) is 4.71. The number of halogens is 1. The number of imidazole rings is 1. The molecule has 2 heterocycles. The van der Waals surface area contributed by atoms with E-state index in [1.165, 1.54) is 11.8 Å². The maximum absolute atomic E-state index is 12.9. The van der Waals surface area contributed by atoms with Crippen LogP contribution in [0.2, 0.25) is 0 Å². The number of para-hydroxylation sites is 2. The Morgan fingerprint density at radius 1 is 0.972 bits per heavy atom. The average Bonchev–Trinajstić information content (AvgIpc) is 3.23. The summed E-state index contributed by atoms with van der Waals surface area (Å²) in [5, 5.41) is 3.93. The lowest BCUT2D eigenvalue weighted by Gasteiger charge is -2.36. The number of rotatable bonds is 6. The molecule has 2 amide bonds. The van der Waals surface area contributed by atoms with E-state index in [1.54, 1.807) is 0 Å². The second kappa shape index (κ2) is 10.8. The Balaban J connectivity index is 1.12. The van der Waals surface area contributed by atoms with Crippen molar-refractivity contribution in [3.63, 3.8) is 0 Å². The van der Waals surface area contributed by atoms with Crippen molar-refractivity contribution in [2.24, 2.45) is 7.05 Å². The van der Waals surface area contributed by atoms with Crippen LogP contribution >= 0.6 is 27.7 Å². The van der Waals surface area contributed by atoms with Crippen LogP contribution in [0.15, 0.2) is 82.4 Å². The number of carbonyl (C=O) groups is 2. The molecule has 7 nitrogen and oxygen atoms in total. The number of aromatic nitrogens is 2. The molecule has 184 valence electrons. The van der Waals surface area contributed by atoms with E-state index in [0.717, 1.165) is 45.1 Å². The number of carbonyl (C=O) groups excluding carboxylic acids is 2. The first kappa shape index (κ1) is 24.4. The number of hydrogen-bond acceptors (Lipinski definition) is 4. The molecule has 0 bridgehead atoms. The number of nitrogens with zero attached hydrogens (tertiary/aromatic N) is 3. The van der Waals surface area contributed by atoms with E-state index in [2.05, 4.69) is 41.8 Å². The van der Waals surface area contributed by atoms with Gasteiger partial charge >= 0.3 is 5.16 Å². The lowest BCUT2D eigenvalue weighted by molar-refractivity contribution is -0.683. The summed E-state index contributed by atoms with van der Waals surface area (Å²) in [5.74, 6) is 0.320. The Morgan fingerprint density at radius 2 is 1.67 bits per heavy atom. The molecule has 0 aliphatic carbocycles. The quantitative estimate of drug-likeness (QED) is 0.268. The van der Waals surface area contributed by atoms with E-state index in [0.29, 0.717) is 24.4 Å². The second-order valence-electron chi connectivity index (χ2n) is 8.65. The molecule has 1 fully saturated rings. The van der Waals surface area contributed by atoms with E-state index in [9.17, 15) is 9.59 Å². The van der Waals surface area contributed by atoms with Crippen LogP contribution in [0, 0.1) is 0 Å². The number of hydrogen-bond donors (Lipinski definition) is 2. The maximum Gasteiger partial charge on any atom is 0.317 e. The van der Waals surface area contributed by atoms with Crippen LogP contribution in [0.1, 0.15) is 10.4 Å². The predicted octanol–water partition coefficient (Wildman–Crippen LogP) is 4.45. The van der Waals surface area contributed by atoms with Crippen LogP contribution in [-0.4, -0.2) is 53.6 Å². The molecule has 0 spiro atoms. The van der Waals surface area contributed by atoms with Gasteiger partial charge in [-0.3, -0.25) is 9.59 Å². The van der Waals surface area contributed by atoms with Crippen LogP contribution in [0.3, 0.4) is 0 Å². The van der Waals surface area contributed by atoms with Crippen molar-refractivity contribution in [2.75, 3.05) is 42.1 Å². The topological polar surface area (TPSA) is 72.3 Å². The van der Waals surface area contributed by atoms with Crippen LogP contribution in [-0.2, 0) is 11.8 Å². The van der Waals surface area contributed by atoms with E-state index in [-0.39, 0.29) is 11.8 Å². The summed E-state index contributed by atoms with van der Waals surface area (Å²) < 4.78 is 2.89. The van der Waals surface area contributed by atoms with Crippen LogP contribution in [0.5, 0.6) is 0 Å². The van der Waals surface area contributed by atoms with Crippen LogP contribution in [0.25, 0.3) is 11.0 Å². The molecular weight excluding hydrogens is 538 g/mol. The van der Waals surface area contributed by atoms with Crippen molar-refractivity contribution < 1.29 is 14.2 Å². The van der Waals surface area contributed by atoms with Crippen molar-refractivity contribution in [3.05, 3.63) is 82.8 Å². The summed E-state index contributed by atoms with van der Waals surface area (Å²) in [6.07, 6.45) is 0. The van der Waals surface area contributed by atoms with Gasteiger partial charge in [-0.25, -0.2) is 9.55 Å². The maximum atomic E-state index is 12.9. The fraction of sp³-hybridized carbons (Fsp3) is 0.222. The van der Waals surface area contributed by atoms with Crippen molar-refractivity contribution in [3.8, 4) is 0 Å². The number of aryl methyl sites for hydroxylation is 1. The number of piperazine rings is 1. The molecule has 1 aliphatic rings. The van der Waals surface area contributed by atoms with Gasteiger partial charge in [0, 0.05) is 42.0 Å². The highest BCUT2D eigenvalue weighted by Gasteiger charge is 2.23. The average molecular weight is 566 g/mol. The van der Waals surface area contributed by atoms with E-state index in [4.69, 9.17) is 0 Å². The minimum absolute atomic E-state index is 0.0504. The number of nitrogens with one attached hydrogen (secondary N) is 2. The minimum Gasteiger partial charge on any atom is -0.368 e. The molecular formula is C27H27BrN5O2S+. The third-order valence-corrected chi connectivity index (χ3v) is 8.09. The number of benzene rings is 3. The first-order valence-electron chi connectivity index (χ1n) is 11.8. The Labute approximate surface area is 222 Å². The summed E-state index contributed by atoms with van der Waals surface area (Å²) in [6, 6.07) is 23.5. The monoisotopic (exact) mass is 564 g/mol. The number of fused-ring (bicyclic) bond motifs is 1. The van der Waals surface area contributed by atoms with Crippen molar-refractivity contribution >= 4 is 61.9 Å². The number of thioether (sulfide) groups is 1. The fourth-order valence-corrected chi connectivity index (χ4v) is 5.64. The highest BCUT2D eigenvalue weighted by Crippen LogP contribution is 2.23. The van der Waals surface area contributed by atoms with Crippen molar-refractivity contribution in [1.82, 2.24) is 9.88 Å². The fourth-order valence-electron chi connectivity index (χ4n) is 4.37. The molecule has 5 rings (SSSR count). The van der Waals surface area contributed by atoms with Gasteiger partial charge in [0.05, 0.1) is 18.4 Å². The smallest absolute Gasteiger partial charge is 0.317 e. The van der Waals surface area contributed by atoms with Gasteiger partial charge in [-0.1, -0.05) is 24.3 Å². The molecule has 2 N–H and O–H groups in total. The van der Waals surface area contributed by atoms with Gasteiger partial charge in [0.25, 0.3) is 5.91 Å². The molecule has 9 heteroatoms. The first-order chi connectivity index (χ1) is 17.5. The Bertz CT molecular complexity index is 1400. The molecule has 36 heavy (non-hydrogen) atoms. The largest absolute Gasteiger partial charge is 0.368 e. The summed E-state index contributed by atoms with van der Waals surface area (Å²) in [6.45, 7) is 2.86. The third-order valence-electron chi connectivity index (χ3n) is 6.34. The zero-order chi connectivity index (χ0) is 25.1. The summed E-state index contributed by atoms with van der Waals surface area (Å²) in [4.78, 5) is 32.9. The SMILES string of the molecule is C[n+]1c(SCC(=O)Nc2ccc(N3CCN(C(=O)c4ccccc4Br)CC3)cc2)[nH]c2ccccc21. The molecule has 0 unspecified atom stereocenters. The zero-order valence-corrected chi connectivity index (χ0v) is 22.3. The zero-order valence-electron chi connectivity index (χ0n) is 19.9. The Kier molecular flexibility index (Phi) is 7.29. The molecule has 0 saturated carbocycles. The third kappa shape index (κ3) is 5.27. The van der Waals surface area contributed by atoms with E-state index >= 15 is 0 Å². The normalized spacial score (nSPS) is 13.7. The van der Waals surface area contributed by atoms with E-state index < -0.39 is 0 Å². The van der Waals surface area contributed by atoms with Gasteiger partial charge in [-0.05, 0) is 76.2 Å². The lowest BCUT2D eigenvalue weighted by atomic mass is 10.1. The Hall–Kier alpha value is -3.30. The van der Waals surface area contributed by atoms with Crippen molar-refractivity contribution in [1.29, 1.82) is 0 Å². The molecule has 1 aliphatic heterocycles. The predicted molar refractivity (Wildman–Crippen MR) is 148 cm³/mol. The summed E-state index contributed by atoms with van der Waals surface area (Å²) in [7, 11) is 1.99. The van der Waals surface area contributed by atoms with Crippen LogP contribution < -0.4 is 14.8 Å². The lowest BCUT2D eigenvalue weighted by Crippen LogP contribution is -2.48. The summed E-state index contributed by atoms with van der Waals surface area (Å²) >= 11 is 4.96. The van der Waals surface area contributed by atoms with Gasteiger partial charge in [-0.15, -0.1) is 0 Å². The Morgan fingerprint density at radius 3 is 2.39 bits per heavy atom. The molecule has 1 aromatic heterocycles. The molecule has 4 aromatic rings. The van der Waals surface area contributed by atoms with Crippen molar-refractivity contribution in [2.45, 2.75) is 5.16 Å². The second-order valence-corrected chi connectivity index (χ2v) is 10.5. The first-order valence-corrected chi connectivity index (χ1v) is 13.6. The molecule has 1 saturated heterocycles. The van der Waals surface area contributed by atoms with Gasteiger partial charge < -0.3 is 15.1 Å².